The first-order chi connectivity index (χ1) is 8.66. The molecule has 0 saturated carbocycles. The number of hydrogen-bond donors (Lipinski definition) is 1. The zero-order valence-electron chi connectivity index (χ0n) is 10.1. The molecule has 6 heteroatoms. The Morgan fingerprint density at radius 2 is 2.39 bits per heavy atom. The molecule has 94 valence electrons. The highest BCUT2D eigenvalue weighted by molar-refractivity contribution is 8.00. The van der Waals surface area contributed by atoms with Gasteiger partial charge >= 0.3 is 0 Å². The second-order valence-corrected chi connectivity index (χ2v) is 6.29. The lowest BCUT2D eigenvalue weighted by molar-refractivity contribution is -0.113. The molecule has 4 nitrogen and oxygen atoms in total. The molecule has 1 unspecified atom stereocenters. The molecule has 18 heavy (non-hydrogen) atoms. The van der Waals surface area contributed by atoms with Crippen molar-refractivity contribution in [2.24, 2.45) is 7.05 Å². The number of nitrogens with zero attached hydrogens (tertiary/aromatic N) is 2. The Morgan fingerprint density at radius 3 is 3.11 bits per heavy atom. The number of aryl methyl sites for hydroxylation is 1. The highest BCUT2D eigenvalue weighted by Crippen LogP contribution is 2.44. The molecule has 0 saturated heterocycles. The van der Waals surface area contributed by atoms with Gasteiger partial charge in [-0.25, -0.2) is 0 Å². The van der Waals surface area contributed by atoms with Crippen LogP contribution in [0.1, 0.15) is 21.4 Å². The SMILES string of the molecule is Cc1c(C2SCC(=O)Nc3ccsc32)cnn1C. The van der Waals surface area contributed by atoms with Gasteiger partial charge in [0.05, 0.1) is 22.9 Å². The molecule has 1 N–H and O–H groups in total. The van der Waals surface area contributed by atoms with E-state index < -0.39 is 0 Å². The number of aromatic nitrogens is 2. The number of fused-ring (bicyclic) bond motifs is 1. The van der Waals surface area contributed by atoms with Crippen LogP contribution in [0.5, 0.6) is 0 Å². The van der Waals surface area contributed by atoms with Crippen LogP contribution < -0.4 is 5.32 Å². The molecule has 0 aromatic carbocycles. The minimum absolute atomic E-state index is 0.0729. The lowest BCUT2D eigenvalue weighted by Crippen LogP contribution is -2.11. The zero-order chi connectivity index (χ0) is 12.7. The zero-order valence-corrected chi connectivity index (χ0v) is 11.8. The van der Waals surface area contributed by atoms with Crippen LogP contribution in [0.25, 0.3) is 0 Å². The van der Waals surface area contributed by atoms with Gasteiger partial charge in [-0.1, -0.05) is 0 Å². The number of nitrogens with one attached hydrogen (secondary N) is 1. The van der Waals surface area contributed by atoms with Crippen molar-refractivity contribution in [3.63, 3.8) is 0 Å². The Labute approximate surface area is 113 Å². The van der Waals surface area contributed by atoms with Gasteiger partial charge in [0.2, 0.25) is 5.91 Å². The van der Waals surface area contributed by atoms with Crippen molar-refractivity contribution in [3.8, 4) is 0 Å². The summed E-state index contributed by atoms with van der Waals surface area (Å²) in [5.74, 6) is 0.559. The fourth-order valence-electron chi connectivity index (χ4n) is 2.05. The van der Waals surface area contributed by atoms with E-state index in [1.807, 2.05) is 29.4 Å². The minimum atomic E-state index is 0.0729. The predicted molar refractivity (Wildman–Crippen MR) is 75.2 cm³/mol. The number of amides is 1. The average molecular weight is 279 g/mol. The van der Waals surface area contributed by atoms with Gasteiger partial charge in [-0.3, -0.25) is 9.48 Å². The molecule has 1 aliphatic heterocycles. The Balaban J connectivity index is 2.08. The molecule has 1 aliphatic rings. The Morgan fingerprint density at radius 1 is 1.56 bits per heavy atom. The summed E-state index contributed by atoms with van der Waals surface area (Å²) in [5, 5.41) is 9.48. The van der Waals surface area contributed by atoms with Gasteiger partial charge in [-0.2, -0.15) is 5.10 Å². The summed E-state index contributed by atoms with van der Waals surface area (Å²) in [5.41, 5.74) is 3.30. The molecule has 0 fully saturated rings. The van der Waals surface area contributed by atoms with Gasteiger partial charge < -0.3 is 5.32 Å². The smallest absolute Gasteiger partial charge is 0.234 e. The number of thiophene rings is 1. The van der Waals surface area contributed by atoms with E-state index >= 15 is 0 Å². The average Bonchev–Trinajstić information content (AvgIpc) is 2.88. The van der Waals surface area contributed by atoms with Gasteiger partial charge in [0.25, 0.3) is 0 Å². The largest absolute Gasteiger partial charge is 0.324 e. The highest BCUT2D eigenvalue weighted by Gasteiger charge is 2.27. The Hall–Kier alpha value is -1.27. The second-order valence-electron chi connectivity index (χ2n) is 4.25. The number of anilines is 1. The van der Waals surface area contributed by atoms with Gasteiger partial charge in [-0.05, 0) is 18.4 Å². The summed E-state index contributed by atoms with van der Waals surface area (Å²) in [6.45, 7) is 2.07. The molecular weight excluding hydrogens is 266 g/mol. The maximum absolute atomic E-state index is 11.7. The fourth-order valence-corrected chi connectivity index (χ4v) is 4.35. The first-order valence-electron chi connectivity index (χ1n) is 5.64. The molecular formula is C12H13N3OS2. The summed E-state index contributed by atoms with van der Waals surface area (Å²) in [7, 11) is 1.94. The van der Waals surface area contributed by atoms with Crippen LogP contribution in [0.2, 0.25) is 0 Å². The van der Waals surface area contributed by atoms with Crippen molar-refractivity contribution in [2.75, 3.05) is 11.1 Å². The lowest BCUT2D eigenvalue weighted by atomic mass is 10.1. The van der Waals surface area contributed by atoms with Crippen LogP contribution in [-0.2, 0) is 11.8 Å². The molecule has 0 radical (unpaired) electrons. The molecule has 0 bridgehead atoms. The number of hydrogen-bond acceptors (Lipinski definition) is 4. The summed E-state index contributed by atoms with van der Waals surface area (Å²) in [6, 6.07) is 1.97. The van der Waals surface area contributed by atoms with Gasteiger partial charge in [0.1, 0.15) is 0 Å². The van der Waals surface area contributed by atoms with Gasteiger partial charge in [0.15, 0.2) is 0 Å². The normalized spacial score (nSPS) is 19.2. The van der Waals surface area contributed by atoms with Crippen molar-refractivity contribution in [1.82, 2.24) is 9.78 Å². The van der Waals surface area contributed by atoms with Gasteiger partial charge in [0, 0.05) is 23.2 Å². The van der Waals surface area contributed by atoms with E-state index in [0.29, 0.717) is 5.75 Å². The third-order valence-corrected chi connectivity index (χ3v) is 5.53. The summed E-state index contributed by atoms with van der Waals surface area (Å²) in [6.07, 6.45) is 1.91. The quantitative estimate of drug-likeness (QED) is 0.872. The summed E-state index contributed by atoms with van der Waals surface area (Å²) < 4.78 is 1.88. The van der Waals surface area contributed by atoms with E-state index in [4.69, 9.17) is 0 Å². The second kappa shape index (κ2) is 4.44. The number of carbonyl (C=O) groups excluding carboxylic acids is 1. The van der Waals surface area contributed by atoms with Crippen LogP contribution in [0.15, 0.2) is 17.6 Å². The van der Waals surface area contributed by atoms with Crippen LogP contribution in [-0.4, -0.2) is 21.4 Å². The Kier molecular flexibility index (Phi) is 2.91. The van der Waals surface area contributed by atoms with E-state index in [0.717, 1.165) is 11.4 Å². The van der Waals surface area contributed by atoms with Crippen LogP contribution in [0.3, 0.4) is 0 Å². The van der Waals surface area contributed by atoms with Crippen molar-refractivity contribution in [1.29, 1.82) is 0 Å². The topological polar surface area (TPSA) is 46.9 Å². The minimum Gasteiger partial charge on any atom is -0.324 e. The third-order valence-electron chi connectivity index (χ3n) is 3.14. The monoisotopic (exact) mass is 279 g/mol. The molecule has 2 aromatic rings. The molecule has 0 spiro atoms. The molecule has 1 amide bonds. The molecule has 3 rings (SSSR count). The van der Waals surface area contributed by atoms with E-state index in [1.54, 1.807) is 23.1 Å². The molecule has 0 aliphatic carbocycles. The van der Waals surface area contributed by atoms with E-state index in [2.05, 4.69) is 17.3 Å². The number of carbonyl (C=O) groups is 1. The van der Waals surface area contributed by atoms with Crippen molar-refractivity contribution in [2.45, 2.75) is 12.2 Å². The first-order valence-corrected chi connectivity index (χ1v) is 7.57. The fraction of sp³-hybridized carbons (Fsp3) is 0.333. The van der Waals surface area contributed by atoms with Crippen molar-refractivity contribution in [3.05, 3.63) is 33.8 Å². The maximum Gasteiger partial charge on any atom is 0.234 e. The van der Waals surface area contributed by atoms with E-state index in [-0.39, 0.29) is 11.2 Å². The van der Waals surface area contributed by atoms with Crippen molar-refractivity contribution < 1.29 is 4.79 Å². The number of thioether (sulfide) groups is 1. The molecule has 3 heterocycles. The van der Waals surface area contributed by atoms with Crippen LogP contribution in [0.4, 0.5) is 5.69 Å². The van der Waals surface area contributed by atoms with Crippen LogP contribution >= 0.6 is 23.1 Å². The van der Waals surface area contributed by atoms with Crippen molar-refractivity contribution >= 4 is 34.7 Å². The lowest BCUT2D eigenvalue weighted by Gasteiger charge is -2.13. The van der Waals surface area contributed by atoms with Crippen LogP contribution in [0, 0.1) is 6.92 Å². The molecule has 2 aromatic heterocycles. The molecule has 1 atom stereocenters. The predicted octanol–water partition coefficient (Wildman–Crippen LogP) is 2.56. The number of rotatable bonds is 1. The van der Waals surface area contributed by atoms with E-state index in [1.165, 1.54) is 10.4 Å². The maximum atomic E-state index is 11.7. The van der Waals surface area contributed by atoms with E-state index in [9.17, 15) is 4.79 Å². The standard InChI is InChI=1S/C12H13N3OS2/c1-7-8(5-13-15(7)2)11-12-9(3-4-17-12)14-10(16)6-18-11/h3-5,11H,6H2,1-2H3,(H,14,16). The summed E-state index contributed by atoms with van der Waals surface area (Å²) in [4.78, 5) is 12.9. The summed E-state index contributed by atoms with van der Waals surface area (Å²) >= 11 is 3.35. The third kappa shape index (κ3) is 1.85. The van der Waals surface area contributed by atoms with Gasteiger partial charge in [-0.15, -0.1) is 23.1 Å². The first kappa shape index (κ1) is 11.8. The Bertz CT molecular complexity index is 602. The highest BCUT2D eigenvalue weighted by atomic mass is 32.2.